The van der Waals surface area contributed by atoms with Crippen LogP contribution in [0.2, 0.25) is 0 Å². The Hall–Kier alpha value is -2.77. The van der Waals surface area contributed by atoms with Crippen LogP contribution in [0.1, 0.15) is 22.8 Å². The van der Waals surface area contributed by atoms with Crippen molar-refractivity contribution in [1.82, 2.24) is 19.9 Å². The zero-order chi connectivity index (χ0) is 16.6. The van der Waals surface area contributed by atoms with Gasteiger partial charge in [-0.15, -0.1) is 0 Å². The highest BCUT2D eigenvalue weighted by Gasteiger charge is 2.37. The molecule has 1 aliphatic heterocycles. The van der Waals surface area contributed by atoms with E-state index in [0.29, 0.717) is 17.0 Å². The summed E-state index contributed by atoms with van der Waals surface area (Å²) in [5, 5.41) is 3.65. The number of urea groups is 1. The lowest BCUT2D eigenvalue weighted by atomic mass is 10.1. The molecule has 3 rings (SSSR count). The van der Waals surface area contributed by atoms with Crippen molar-refractivity contribution in [2.24, 2.45) is 0 Å². The molecule has 0 atom stereocenters. The van der Waals surface area contributed by atoms with Gasteiger partial charge in [0, 0.05) is 0 Å². The highest BCUT2D eigenvalue weighted by atomic mass is 19.1. The lowest BCUT2D eigenvalue weighted by molar-refractivity contribution is -0.125. The number of aromatic nitrogens is 2. The van der Waals surface area contributed by atoms with E-state index in [1.54, 1.807) is 26.0 Å². The largest absolute Gasteiger partial charge is 0.337 e. The van der Waals surface area contributed by atoms with E-state index in [-0.39, 0.29) is 37.2 Å². The third-order valence-corrected chi connectivity index (χ3v) is 3.73. The van der Waals surface area contributed by atoms with E-state index in [9.17, 15) is 14.0 Å². The number of hydrogen-bond donors (Lipinski definition) is 0. The van der Waals surface area contributed by atoms with Crippen LogP contribution in [-0.2, 0) is 17.9 Å². The van der Waals surface area contributed by atoms with Crippen LogP contribution in [-0.4, -0.2) is 38.4 Å². The highest BCUT2D eigenvalue weighted by Crippen LogP contribution is 2.20. The first-order valence-electron chi connectivity index (χ1n) is 7.08. The van der Waals surface area contributed by atoms with Gasteiger partial charge in [-0.2, -0.15) is 4.98 Å². The summed E-state index contributed by atoms with van der Waals surface area (Å²) in [5.74, 6) is 0.0346. The number of amides is 3. The van der Waals surface area contributed by atoms with Gasteiger partial charge in [-0.3, -0.25) is 9.69 Å². The number of benzene rings is 1. The smallest absolute Gasteiger partial charge is 0.328 e. The number of rotatable bonds is 4. The Morgan fingerprint density at radius 3 is 2.74 bits per heavy atom. The van der Waals surface area contributed by atoms with Crippen LogP contribution in [0, 0.1) is 19.7 Å². The topological polar surface area (TPSA) is 79.5 Å². The molecule has 2 heterocycles. The molecule has 1 fully saturated rings. The molecule has 0 bridgehead atoms. The van der Waals surface area contributed by atoms with E-state index in [0.717, 1.165) is 4.90 Å². The molecule has 1 saturated heterocycles. The summed E-state index contributed by atoms with van der Waals surface area (Å²) in [6.45, 7) is 3.34. The fraction of sp³-hybridized carbons (Fsp3) is 0.333. The maximum Gasteiger partial charge on any atom is 0.328 e. The average Bonchev–Trinajstić information content (AvgIpc) is 3.02. The number of imide groups is 1. The maximum absolute atomic E-state index is 13.6. The van der Waals surface area contributed by atoms with Crippen LogP contribution in [0.15, 0.2) is 22.7 Å². The van der Waals surface area contributed by atoms with Gasteiger partial charge in [0.1, 0.15) is 18.9 Å². The summed E-state index contributed by atoms with van der Waals surface area (Å²) >= 11 is 0. The van der Waals surface area contributed by atoms with E-state index in [1.807, 2.05) is 0 Å². The van der Waals surface area contributed by atoms with Gasteiger partial charge in [0.15, 0.2) is 5.82 Å². The summed E-state index contributed by atoms with van der Waals surface area (Å²) in [7, 11) is 0. The minimum absolute atomic E-state index is 0.0423. The first-order valence-corrected chi connectivity index (χ1v) is 7.08. The van der Waals surface area contributed by atoms with E-state index in [4.69, 9.17) is 4.52 Å². The molecule has 1 aliphatic rings. The third-order valence-electron chi connectivity index (χ3n) is 3.73. The second kappa shape index (κ2) is 5.79. The van der Waals surface area contributed by atoms with Gasteiger partial charge < -0.3 is 9.42 Å². The first kappa shape index (κ1) is 15.1. The van der Waals surface area contributed by atoms with Gasteiger partial charge in [-0.25, -0.2) is 9.18 Å². The van der Waals surface area contributed by atoms with Crippen LogP contribution in [0.4, 0.5) is 9.18 Å². The Bertz CT molecular complexity index is 774. The number of hydrogen-bond acceptors (Lipinski definition) is 5. The van der Waals surface area contributed by atoms with Crippen LogP contribution < -0.4 is 0 Å². The molecule has 1 aromatic carbocycles. The number of aryl methyl sites for hydroxylation is 1. The molecule has 0 aliphatic carbocycles. The Balaban J connectivity index is 1.75. The van der Waals surface area contributed by atoms with E-state index in [1.165, 1.54) is 11.0 Å². The van der Waals surface area contributed by atoms with Crippen molar-refractivity contribution in [1.29, 1.82) is 0 Å². The van der Waals surface area contributed by atoms with E-state index >= 15 is 0 Å². The summed E-state index contributed by atoms with van der Waals surface area (Å²) in [5.41, 5.74) is 1.03. The molecule has 120 valence electrons. The highest BCUT2D eigenvalue weighted by molar-refractivity contribution is 6.01. The molecule has 8 heteroatoms. The van der Waals surface area contributed by atoms with Crippen LogP contribution in [0.25, 0.3) is 0 Å². The molecule has 23 heavy (non-hydrogen) atoms. The number of nitrogens with zero attached hydrogens (tertiary/aromatic N) is 4. The Kier molecular flexibility index (Phi) is 3.81. The molecule has 3 amide bonds. The molecule has 1 aromatic heterocycles. The van der Waals surface area contributed by atoms with E-state index in [2.05, 4.69) is 10.1 Å². The fourth-order valence-electron chi connectivity index (χ4n) is 2.43. The number of carbonyl (C=O) groups is 2. The second-order valence-corrected chi connectivity index (χ2v) is 5.38. The Morgan fingerprint density at radius 1 is 1.26 bits per heavy atom. The zero-order valence-corrected chi connectivity index (χ0v) is 12.7. The molecular weight excluding hydrogens is 303 g/mol. The molecule has 0 spiro atoms. The van der Waals surface area contributed by atoms with Crippen LogP contribution >= 0.6 is 0 Å². The lowest BCUT2D eigenvalue weighted by Crippen LogP contribution is -2.32. The van der Waals surface area contributed by atoms with Crippen molar-refractivity contribution in [2.75, 3.05) is 6.54 Å². The quantitative estimate of drug-likeness (QED) is 0.803. The van der Waals surface area contributed by atoms with Gasteiger partial charge in [0.2, 0.25) is 5.89 Å². The fourth-order valence-corrected chi connectivity index (χ4v) is 2.43. The van der Waals surface area contributed by atoms with Gasteiger partial charge >= 0.3 is 6.03 Å². The Morgan fingerprint density at radius 2 is 2.04 bits per heavy atom. The van der Waals surface area contributed by atoms with Gasteiger partial charge in [0.05, 0.1) is 6.54 Å². The van der Waals surface area contributed by atoms with Gasteiger partial charge in [-0.05, 0) is 31.0 Å². The lowest BCUT2D eigenvalue weighted by Gasteiger charge is -2.17. The predicted octanol–water partition coefficient (Wildman–Crippen LogP) is 1.79. The minimum Gasteiger partial charge on any atom is -0.337 e. The Labute approximate surface area is 131 Å². The van der Waals surface area contributed by atoms with Crippen molar-refractivity contribution >= 4 is 11.9 Å². The normalized spacial score (nSPS) is 14.9. The molecule has 0 saturated carbocycles. The van der Waals surface area contributed by atoms with Crippen LogP contribution in [0.5, 0.6) is 0 Å². The third kappa shape index (κ3) is 2.92. The SMILES string of the molecule is Cc1noc(CN2CC(=O)N(Cc3cccc(F)c3C)C2=O)n1. The standard InChI is InChI=1S/C15H15FN4O3/c1-9-11(4-3-5-12(9)16)6-20-14(21)8-19(15(20)22)7-13-17-10(2)18-23-13/h3-5H,6-8H2,1-2H3. The predicted molar refractivity (Wildman–Crippen MR) is 76.5 cm³/mol. The molecule has 7 nitrogen and oxygen atoms in total. The van der Waals surface area contributed by atoms with Crippen LogP contribution in [0.3, 0.4) is 0 Å². The number of carbonyl (C=O) groups excluding carboxylic acids is 2. The minimum atomic E-state index is -0.450. The van der Waals surface area contributed by atoms with Gasteiger partial charge in [0.25, 0.3) is 5.91 Å². The molecule has 0 unspecified atom stereocenters. The first-order chi connectivity index (χ1) is 11.0. The summed E-state index contributed by atoms with van der Waals surface area (Å²) < 4.78 is 18.6. The average molecular weight is 318 g/mol. The second-order valence-electron chi connectivity index (χ2n) is 5.38. The summed E-state index contributed by atoms with van der Waals surface area (Å²) in [6.07, 6.45) is 0. The zero-order valence-electron chi connectivity index (χ0n) is 12.7. The van der Waals surface area contributed by atoms with Crippen molar-refractivity contribution in [3.8, 4) is 0 Å². The van der Waals surface area contributed by atoms with Crippen molar-refractivity contribution in [3.63, 3.8) is 0 Å². The summed E-state index contributed by atoms with van der Waals surface area (Å²) in [6, 6.07) is 4.15. The van der Waals surface area contributed by atoms with Crippen molar-refractivity contribution < 1.29 is 18.5 Å². The van der Waals surface area contributed by atoms with E-state index < -0.39 is 6.03 Å². The maximum atomic E-state index is 13.6. The summed E-state index contributed by atoms with van der Waals surface area (Å²) in [4.78, 5) is 30.9. The van der Waals surface area contributed by atoms with Crippen molar-refractivity contribution in [2.45, 2.75) is 26.9 Å². The molecular formula is C15H15FN4O3. The molecule has 2 aromatic rings. The number of halogens is 1. The molecule has 0 radical (unpaired) electrons. The van der Waals surface area contributed by atoms with Crippen molar-refractivity contribution in [3.05, 3.63) is 46.9 Å². The molecule has 0 N–H and O–H groups in total. The van der Waals surface area contributed by atoms with Gasteiger partial charge in [-0.1, -0.05) is 17.3 Å². The monoisotopic (exact) mass is 318 g/mol.